The topological polar surface area (TPSA) is 44.8 Å². The molecule has 27 heavy (non-hydrogen) atoms. The lowest BCUT2D eigenvalue weighted by atomic mass is 9.78. The van der Waals surface area contributed by atoms with Gasteiger partial charge in [0.05, 0.1) is 6.54 Å². The molecule has 3 atom stereocenters. The molecule has 5 heteroatoms. The van der Waals surface area contributed by atoms with Crippen LogP contribution in [0.15, 0.2) is 30.3 Å². The van der Waals surface area contributed by atoms with Crippen molar-refractivity contribution >= 4 is 5.91 Å². The summed E-state index contributed by atoms with van der Waals surface area (Å²) in [5, 5.41) is 3.30. The van der Waals surface area contributed by atoms with E-state index in [0.717, 1.165) is 44.9 Å². The second kappa shape index (κ2) is 10.1. The molecule has 3 rings (SSSR count). The third-order valence-corrected chi connectivity index (χ3v) is 6.30. The van der Waals surface area contributed by atoms with E-state index in [2.05, 4.69) is 29.0 Å². The fourth-order valence-electron chi connectivity index (χ4n) is 4.22. The Balaban J connectivity index is 1.31. The molecule has 1 aliphatic carbocycles. The zero-order valence-electron chi connectivity index (χ0n) is 16.9. The summed E-state index contributed by atoms with van der Waals surface area (Å²) in [5.74, 6) is 2.43. The molecule has 1 aromatic carbocycles. The van der Waals surface area contributed by atoms with E-state index in [1.54, 1.807) is 0 Å². The number of amides is 1. The van der Waals surface area contributed by atoms with Crippen LogP contribution < -0.4 is 10.1 Å². The van der Waals surface area contributed by atoms with Crippen LogP contribution in [0.1, 0.15) is 33.1 Å². The van der Waals surface area contributed by atoms with Gasteiger partial charge in [0.2, 0.25) is 5.91 Å². The molecule has 2 aliphatic rings. The van der Waals surface area contributed by atoms with E-state index in [1.807, 2.05) is 30.3 Å². The molecule has 1 saturated heterocycles. The van der Waals surface area contributed by atoms with Crippen LogP contribution in [0.5, 0.6) is 5.75 Å². The molecule has 1 saturated carbocycles. The number of piperazine rings is 1. The molecular formula is C22H35N3O2. The number of para-hydroxylation sites is 1. The molecule has 1 N–H and O–H groups in total. The Morgan fingerprint density at radius 3 is 2.52 bits per heavy atom. The van der Waals surface area contributed by atoms with Gasteiger partial charge in [0, 0.05) is 38.8 Å². The van der Waals surface area contributed by atoms with Crippen molar-refractivity contribution in [3.63, 3.8) is 0 Å². The zero-order valence-corrected chi connectivity index (χ0v) is 16.9. The fraction of sp³-hybridized carbons (Fsp3) is 0.682. The molecule has 150 valence electrons. The highest BCUT2D eigenvalue weighted by Gasteiger charge is 2.28. The number of ether oxygens (including phenoxy) is 1. The lowest BCUT2D eigenvalue weighted by Gasteiger charge is -2.36. The quantitative estimate of drug-likeness (QED) is 0.798. The Morgan fingerprint density at radius 1 is 1.07 bits per heavy atom. The van der Waals surface area contributed by atoms with Gasteiger partial charge in [-0.2, -0.15) is 0 Å². The molecule has 0 radical (unpaired) electrons. The minimum absolute atomic E-state index is 0.196. The Kier molecular flexibility index (Phi) is 7.53. The van der Waals surface area contributed by atoms with Gasteiger partial charge in [0.25, 0.3) is 0 Å². The van der Waals surface area contributed by atoms with E-state index in [1.165, 1.54) is 12.8 Å². The van der Waals surface area contributed by atoms with Gasteiger partial charge in [0.15, 0.2) is 0 Å². The third kappa shape index (κ3) is 6.22. The van der Waals surface area contributed by atoms with Crippen LogP contribution in [-0.4, -0.2) is 67.6 Å². The number of hydrogen-bond acceptors (Lipinski definition) is 4. The minimum Gasteiger partial charge on any atom is -0.492 e. The Morgan fingerprint density at radius 2 is 1.78 bits per heavy atom. The van der Waals surface area contributed by atoms with E-state index in [-0.39, 0.29) is 5.91 Å². The summed E-state index contributed by atoms with van der Waals surface area (Å²) in [6.45, 7) is 10.7. The normalized spacial score (nSPS) is 27.3. The molecule has 1 aliphatic heterocycles. The Hall–Kier alpha value is -1.59. The van der Waals surface area contributed by atoms with E-state index in [9.17, 15) is 4.79 Å². The summed E-state index contributed by atoms with van der Waals surface area (Å²) >= 11 is 0. The second-order valence-corrected chi connectivity index (χ2v) is 8.22. The van der Waals surface area contributed by atoms with E-state index in [0.29, 0.717) is 31.0 Å². The van der Waals surface area contributed by atoms with E-state index in [4.69, 9.17) is 4.74 Å². The molecule has 1 amide bonds. The SMILES string of the molecule is CC1CCCC(NC(=O)CN2CCN(CCOc3ccccc3)CC2)C1C. The molecule has 0 aromatic heterocycles. The molecule has 1 heterocycles. The summed E-state index contributed by atoms with van der Waals surface area (Å²) < 4.78 is 5.78. The molecule has 5 nitrogen and oxygen atoms in total. The van der Waals surface area contributed by atoms with Crippen LogP contribution >= 0.6 is 0 Å². The standard InChI is InChI=1S/C22H35N3O2/c1-18-7-6-10-21(19(18)2)23-22(26)17-25-13-11-24(12-14-25)15-16-27-20-8-4-3-5-9-20/h3-5,8-9,18-19,21H,6-7,10-17H2,1-2H3,(H,23,26). The van der Waals surface area contributed by atoms with Crippen LogP contribution in [0.25, 0.3) is 0 Å². The lowest BCUT2D eigenvalue weighted by Crippen LogP contribution is -2.52. The van der Waals surface area contributed by atoms with Crippen molar-refractivity contribution in [3.8, 4) is 5.75 Å². The van der Waals surface area contributed by atoms with Gasteiger partial charge in [0.1, 0.15) is 12.4 Å². The van der Waals surface area contributed by atoms with Gasteiger partial charge in [-0.15, -0.1) is 0 Å². The third-order valence-electron chi connectivity index (χ3n) is 6.30. The summed E-state index contributed by atoms with van der Waals surface area (Å²) in [7, 11) is 0. The summed E-state index contributed by atoms with van der Waals surface area (Å²) in [5.41, 5.74) is 0. The minimum atomic E-state index is 0.196. The Labute approximate surface area is 164 Å². The highest BCUT2D eigenvalue weighted by Crippen LogP contribution is 2.29. The largest absolute Gasteiger partial charge is 0.492 e. The van der Waals surface area contributed by atoms with Crippen molar-refractivity contribution in [1.29, 1.82) is 0 Å². The lowest BCUT2D eigenvalue weighted by molar-refractivity contribution is -0.124. The average molecular weight is 374 g/mol. The smallest absolute Gasteiger partial charge is 0.234 e. The first kappa shape index (κ1) is 20.2. The van der Waals surface area contributed by atoms with Gasteiger partial charge in [-0.25, -0.2) is 0 Å². The number of carbonyl (C=O) groups is 1. The summed E-state index contributed by atoms with van der Waals surface area (Å²) in [6, 6.07) is 10.3. The van der Waals surface area contributed by atoms with Gasteiger partial charge >= 0.3 is 0 Å². The molecule has 0 spiro atoms. The molecule has 0 bridgehead atoms. The number of hydrogen-bond donors (Lipinski definition) is 1. The first-order valence-corrected chi connectivity index (χ1v) is 10.5. The van der Waals surface area contributed by atoms with Crippen LogP contribution in [0, 0.1) is 11.8 Å². The Bertz CT molecular complexity index is 572. The van der Waals surface area contributed by atoms with Crippen molar-refractivity contribution in [2.75, 3.05) is 45.9 Å². The average Bonchev–Trinajstić information content (AvgIpc) is 2.68. The van der Waals surface area contributed by atoms with Gasteiger partial charge < -0.3 is 10.1 Å². The van der Waals surface area contributed by atoms with Crippen LogP contribution in [0.3, 0.4) is 0 Å². The number of nitrogens with zero attached hydrogens (tertiary/aromatic N) is 2. The van der Waals surface area contributed by atoms with Gasteiger partial charge in [-0.1, -0.05) is 44.9 Å². The van der Waals surface area contributed by atoms with Crippen LogP contribution in [0.4, 0.5) is 0 Å². The highest BCUT2D eigenvalue weighted by atomic mass is 16.5. The molecular weight excluding hydrogens is 338 g/mol. The predicted octanol–water partition coefficient (Wildman–Crippen LogP) is 2.62. The number of rotatable bonds is 7. The van der Waals surface area contributed by atoms with Gasteiger partial charge in [-0.05, 0) is 30.4 Å². The van der Waals surface area contributed by atoms with Gasteiger partial charge in [-0.3, -0.25) is 14.6 Å². The van der Waals surface area contributed by atoms with Crippen molar-refractivity contribution < 1.29 is 9.53 Å². The van der Waals surface area contributed by atoms with E-state index >= 15 is 0 Å². The second-order valence-electron chi connectivity index (χ2n) is 8.22. The first-order valence-electron chi connectivity index (χ1n) is 10.5. The summed E-state index contributed by atoms with van der Waals surface area (Å²) in [4.78, 5) is 17.2. The first-order chi connectivity index (χ1) is 13.1. The number of nitrogens with one attached hydrogen (secondary N) is 1. The van der Waals surface area contributed by atoms with Crippen molar-refractivity contribution in [3.05, 3.63) is 30.3 Å². The maximum Gasteiger partial charge on any atom is 0.234 e. The monoisotopic (exact) mass is 373 g/mol. The van der Waals surface area contributed by atoms with Crippen LogP contribution in [-0.2, 0) is 4.79 Å². The predicted molar refractivity (Wildman–Crippen MR) is 109 cm³/mol. The number of carbonyl (C=O) groups excluding carboxylic acids is 1. The van der Waals surface area contributed by atoms with Crippen molar-refractivity contribution in [2.45, 2.75) is 39.2 Å². The molecule has 3 unspecified atom stereocenters. The number of benzene rings is 1. The maximum atomic E-state index is 12.5. The zero-order chi connectivity index (χ0) is 19.1. The maximum absolute atomic E-state index is 12.5. The molecule has 2 fully saturated rings. The highest BCUT2D eigenvalue weighted by molar-refractivity contribution is 5.78. The van der Waals surface area contributed by atoms with Crippen molar-refractivity contribution in [1.82, 2.24) is 15.1 Å². The molecule has 1 aromatic rings. The fourth-order valence-corrected chi connectivity index (χ4v) is 4.22. The van der Waals surface area contributed by atoms with E-state index < -0.39 is 0 Å². The summed E-state index contributed by atoms with van der Waals surface area (Å²) in [6.07, 6.45) is 3.66. The van der Waals surface area contributed by atoms with Crippen LogP contribution in [0.2, 0.25) is 0 Å². The van der Waals surface area contributed by atoms with Crippen molar-refractivity contribution in [2.24, 2.45) is 11.8 Å².